The smallest absolute Gasteiger partial charge is 0.243 e. The Kier molecular flexibility index (Phi) is 4.60. The highest BCUT2D eigenvalue weighted by atomic mass is 32.2. The Bertz CT molecular complexity index is 895. The molecule has 26 heavy (non-hydrogen) atoms. The van der Waals surface area contributed by atoms with Gasteiger partial charge in [0, 0.05) is 19.2 Å². The molecule has 1 saturated heterocycles. The standard InChI is InChI=1S/C19H21NO5S/c1-2-14-3-5-15(6-4-14)19-12-20(9-10-23-19)26(21,22)16-7-8-17-18(11-16)25-13-24-17/h3-8,11,19H,2,9-10,12-13H2,1H3. The van der Waals surface area contributed by atoms with Crippen LogP contribution in [0.4, 0.5) is 0 Å². The van der Waals surface area contributed by atoms with Crippen molar-refractivity contribution in [3.05, 3.63) is 53.6 Å². The van der Waals surface area contributed by atoms with E-state index in [1.807, 2.05) is 12.1 Å². The van der Waals surface area contributed by atoms with Gasteiger partial charge in [-0.05, 0) is 29.7 Å². The molecule has 1 atom stereocenters. The van der Waals surface area contributed by atoms with Crippen molar-refractivity contribution in [2.24, 2.45) is 0 Å². The average Bonchev–Trinajstić information content (AvgIpc) is 3.16. The summed E-state index contributed by atoms with van der Waals surface area (Å²) in [6.07, 6.45) is 0.703. The zero-order valence-corrected chi connectivity index (χ0v) is 15.4. The van der Waals surface area contributed by atoms with E-state index < -0.39 is 10.0 Å². The highest BCUT2D eigenvalue weighted by Gasteiger charge is 2.32. The molecule has 0 N–H and O–H groups in total. The van der Waals surface area contributed by atoms with Crippen LogP contribution in [0.15, 0.2) is 47.4 Å². The monoisotopic (exact) mass is 375 g/mol. The van der Waals surface area contributed by atoms with E-state index in [1.54, 1.807) is 12.1 Å². The van der Waals surface area contributed by atoms with Gasteiger partial charge < -0.3 is 14.2 Å². The van der Waals surface area contributed by atoms with Crippen molar-refractivity contribution in [2.45, 2.75) is 24.3 Å². The molecule has 0 radical (unpaired) electrons. The second kappa shape index (κ2) is 6.90. The van der Waals surface area contributed by atoms with E-state index in [2.05, 4.69) is 19.1 Å². The lowest BCUT2D eigenvalue weighted by Crippen LogP contribution is -2.42. The molecule has 2 heterocycles. The summed E-state index contributed by atoms with van der Waals surface area (Å²) in [5.74, 6) is 1.03. The average molecular weight is 375 g/mol. The number of fused-ring (bicyclic) bond motifs is 1. The Morgan fingerprint density at radius 2 is 1.85 bits per heavy atom. The number of aryl methyl sites for hydroxylation is 1. The summed E-state index contributed by atoms with van der Waals surface area (Å²) in [6, 6.07) is 12.9. The predicted octanol–water partition coefficient (Wildman–Crippen LogP) is 2.74. The van der Waals surface area contributed by atoms with Crippen molar-refractivity contribution in [3.63, 3.8) is 0 Å². The molecule has 0 spiro atoms. The second-order valence-corrected chi connectivity index (χ2v) is 8.27. The van der Waals surface area contributed by atoms with Crippen molar-refractivity contribution in [1.82, 2.24) is 4.31 Å². The molecule has 2 aliphatic heterocycles. The quantitative estimate of drug-likeness (QED) is 0.822. The SMILES string of the molecule is CCc1ccc(C2CN(S(=O)(=O)c3ccc4c(c3)OCO4)CCO2)cc1. The maximum Gasteiger partial charge on any atom is 0.243 e. The van der Waals surface area contributed by atoms with Gasteiger partial charge in [0.05, 0.1) is 17.6 Å². The molecular formula is C19H21NO5S. The zero-order chi connectivity index (χ0) is 18.1. The Labute approximate surface area is 153 Å². The normalized spacial score (nSPS) is 20.3. The van der Waals surface area contributed by atoms with Gasteiger partial charge in [0.1, 0.15) is 0 Å². The largest absolute Gasteiger partial charge is 0.454 e. The fourth-order valence-corrected chi connectivity index (χ4v) is 4.64. The van der Waals surface area contributed by atoms with Gasteiger partial charge in [-0.2, -0.15) is 4.31 Å². The molecule has 6 nitrogen and oxygen atoms in total. The first-order valence-corrected chi connectivity index (χ1v) is 10.1. The third kappa shape index (κ3) is 3.18. The van der Waals surface area contributed by atoms with Crippen LogP contribution in [0, 0.1) is 0 Å². The van der Waals surface area contributed by atoms with E-state index >= 15 is 0 Å². The maximum atomic E-state index is 13.0. The summed E-state index contributed by atoms with van der Waals surface area (Å²) in [6.45, 7) is 3.21. The number of morpholine rings is 1. The lowest BCUT2D eigenvalue weighted by molar-refractivity contribution is -0.00256. The van der Waals surface area contributed by atoms with Crippen LogP contribution in [0.25, 0.3) is 0 Å². The van der Waals surface area contributed by atoms with Crippen molar-refractivity contribution in [1.29, 1.82) is 0 Å². The minimum Gasteiger partial charge on any atom is -0.454 e. The summed E-state index contributed by atoms with van der Waals surface area (Å²) in [5, 5.41) is 0. The number of nitrogens with zero attached hydrogens (tertiary/aromatic N) is 1. The van der Waals surface area contributed by atoms with Crippen molar-refractivity contribution in [2.75, 3.05) is 26.5 Å². The second-order valence-electron chi connectivity index (χ2n) is 6.33. The summed E-state index contributed by atoms with van der Waals surface area (Å²) in [7, 11) is -3.62. The molecule has 0 amide bonds. The lowest BCUT2D eigenvalue weighted by Gasteiger charge is -2.32. The molecule has 4 rings (SSSR count). The molecule has 0 bridgehead atoms. The van der Waals surface area contributed by atoms with Crippen LogP contribution in [0.5, 0.6) is 11.5 Å². The van der Waals surface area contributed by atoms with E-state index in [4.69, 9.17) is 14.2 Å². The van der Waals surface area contributed by atoms with Gasteiger partial charge in [0.25, 0.3) is 0 Å². The maximum absolute atomic E-state index is 13.0. The van der Waals surface area contributed by atoms with Crippen LogP contribution in [-0.2, 0) is 21.2 Å². The number of ether oxygens (including phenoxy) is 3. The molecule has 2 aromatic carbocycles. The van der Waals surface area contributed by atoms with Gasteiger partial charge in [-0.3, -0.25) is 0 Å². The van der Waals surface area contributed by atoms with Crippen LogP contribution < -0.4 is 9.47 Å². The lowest BCUT2D eigenvalue weighted by atomic mass is 10.1. The zero-order valence-electron chi connectivity index (χ0n) is 14.6. The minimum atomic E-state index is -3.62. The summed E-state index contributed by atoms with van der Waals surface area (Å²) in [5.41, 5.74) is 2.24. The first-order valence-electron chi connectivity index (χ1n) is 8.68. The Morgan fingerprint density at radius 1 is 1.08 bits per heavy atom. The van der Waals surface area contributed by atoms with Gasteiger partial charge in [-0.1, -0.05) is 31.2 Å². The van der Waals surface area contributed by atoms with E-state index in [-0.39, 0.29) is 17.8 Å². The van der Waals surface area contributed by atoms with Crippen LogP contribution in [0.3, 0.4) is 0 Å². The molecular weight excluding hydrogens is 354 g/mol. The topological polar surface area (TPSA) is 65.1 Å². The van der Waals surface area contributed by atoms with Crippen LogP contribution in [0.1, 0.15) is 24.2 Å². The summed E-state index contributed by atoms with van der Waals surface area (Å²) < 4.78 is 43.9. The van der Waals surface area contributed by atoms with Crippen LogP contribution in [0.2, 0.25) is 0 Å². The Hall–Kier alpha value is -2.09. The van der Waals surface area contributed by atoms with Gasteiger partial charge in [-0.25, -0.2) is 8.42 Å². The highest BCUT2D eigenvalue weighted by molar-refractivity contribution is 7.89. The highest BCUT2D eigenvalue weighted by Crippen LogP contribution is 2.35. The van der Waals surface area contributed by atoms with Crippen LogP contribution in [-0.4, -0.2) is 39.2 Å². The fraction of sp³-hybridized carbons (Fsp3) is 0.368. The molecule has 0 aromatic heterocycles. The third-order valence-electron chi connectivity index (χ3n) is 4.77. The summed E-state index contributed by atoms with van der Waals surface area (Å²) in [4.78, 5) is 0.212. The summed E-state index contributed by atoms with van der Waals surface area (Å²) >= 11 is 0. The fourth-order valence-electron chi connectivity index (χ4n) is 3.20. The number of hydrogen-bond acceptors (Lipinski definition) is 5. The van der Waals surface area contributed by atoms with E-state index in [9.17, 15) is 8.42 Å². The van der Waals surface area contributed by atoms with Gasteiger partial charge in [-0.15, -0.1) is 0 Å². The van der Waals surface area contributed by atoms with Gasteiger partial charge >= 0.3 is 0 Å². The van der Waals surface area contributed by atoms with Crippen molar-refractivity contribution >= 4 is 10.0 Å². The van der Waals surface area contributed by atoms with E-state index in [0.29, 0.717) is 31.2 Å². The Morgan fingerprint density at radius 3 is 2.62 bits per heavy atom. The molecule has 138 valence electrons. The number of hydrogen-bond donors (Lipinski definition) is 0. The third-order valence-corrected chi connectivity index (χ3v) is 6.63. The van der Waals surface area contributed by atoms with E-state index in [0.717, 1.165) is 12.0 Å². The molecule has 0 aliphatic carbocycles. The predicted molar refractivity (Wildman–Crippen MR) is 95.8 cm³/mol. The first-order chi connectivity index (χ1) is 12.6. The molecule has 7 heteroatoms. The van der Waals surface area contributed by atoms with Crippen molar-refractivity contribution < 1.29 is 22.6 Å². The molecule has 0 saturated carbocycles. The van der Waals surface area contributed by atoms with Gasteiger partial charge in [0.2, 0.25) is 16.8 Å². The molecule has 1 fully saturated rings. The van der Waals surface area contributed by atoms with Crippen LogP contribution >= 0.6 is 0 Å². The van der Waals surface area contributed by atoms with Crippen molar-refractivity contribution in [3.8, 4) is 11.5 Å². The molecule has 2 aliphatic rings. The molecule has 1 unspecified atom stereocenters. The van der Waals surface area contributed by atoms with Gasteiger partial charge in [0.15, 0.2) is 11.5 Å². The Balaban J connectivity index is 1.56. The number of benzene rings is 2. The number of rotatable bonds is 4. The first kappa shape index (κ1) is 17.3. The minimum absolute atomic E-state index is 0.117. The number of sulfonamides is 1. The van der Waals surface area contributed by atoms with E-state index in [1.165, 1.54) is 15.9 Å². The molecule has 2 aromatic rings.